The zero-order valence-corrected chi connectivity index (χ0v) is 5.85. The van der Waals surface area contributed by atoms with Gasteiger partial charge in [-0.25, -0.2) is 0 Å². The molecule has 1 aliphatic rings. The van der Waals surface area contributed by atoms with Gasteiger partial charge in [0.2, 0.25) is 0 Å². The molecule has 1 heteroatoms. The Hall–Kier alpha value is -0.590. The van der Waals surface area contributed by atoms with E-state index < -0.39 is 0 Å². The smallest absolute Gasteiger partial charge is 0.00303 e. The molecule has 0 radical (unpaired) electrons. The summed E-state index contributed by atoms with van der Waals surface area (Å²) in [5.74, 6) is 1.59. The average molecular weight is 123 g/mol. The van der Waals surface area contributed by atoms with Crippen LogP contribution in [-0.2, 0) is 0 Å². The van der Waals surface area contributed by atoms with Gasteiger partial charge in [0.15, 0.2) is 0 Å². The normalized spacial score (nSPS) is 31.7. The molecule has 0 spiro atoms. The van der Waals surface area contributed by atoms with Crippen LogP contribution in [0.25, 0.3) is 0 Å². The van der Waals surface area contributed by atoms with Crippen molar-refractivity contribution in [3.63, 3.8) is 0 Å². The Kier molecular flexibility index (Phi) is 1.70. The lowest BCUT2D eigenvalue weighted by molar-refractivity contribution is 0.847. The van der Waals surface area contributed by atoms with Crippen LogP contribution in [0.4, 0.5) is 0 Å². The first-order valence-electron chi connectivity index (χ1n) is 3.42. The van der Waals surface area contributed by atoms with Crippen LogP contribution in [0.1, 0.15) is 19.8 Å². The molecule has 50 valence electrons. The van der Waals surface area contributed by atoms with E-state index in [1.165, 1.54) is 18.2 Å². The molecule has 1 nitrogen and oxygen atoms in total. The minimum absolute atomic E-state index is 0.742. The van der Waals surface area contributed by atoms with E-state index in [0.717, 1.165) is 18.3 Å². The zero-order chi connectivity index (χ0) is 6.85. The summed E-state index contributed by atoms with van der Waals surface area (Å²) >= 11 is 0. The summed E-state index contributed by atoms with van der Waals surface area (Å²) in [6.45, 7) is 6.14. The van der Waals surface area contributed by atoms with Crippen molar-refractivity contribution < 1.29 is 0 Å². The molecule has 1 aliphatic carbocycles. The molecule has 0 heterocycles. The predicted molar refractivity (Wildman–Crippen MR) is 39.8 cm³/mol. The van der Waals surface area contributed by atoms with Gasteiger partial charge in [0.05, 0.1) is 0 Å². The molecule has 0 aromatic heterocycles. The molecule has 0 saturated heterocycles. The average Bonchev–Trinajstić information content (AvgIpc) is 2.47. The molecule has 2 atom stereocenters. The van der Waals surface area contributed by atoms with Gasteiger partial charge >= 0.3 is 0 Å². The third-order valence-corrected chi connectivity index (χ3v) is 2.00. The summed E-state index contributed by atoms with van der Waals surface area (Å²) in [6.07, 6.45) is 3.52. The number of hydrogen-bond donors (Lipinski definition) is 1. The van der Waals surface area contributed by atoms with Gasteiger partial charge in [-0.2, -0.15) is 0 Å². The van der Waals surface area contributed by atoms with E-state index in [1.807, 2.05) is 0 Å². The highest BCUT2D eigenvalue weighted by atomic mass is 14.4. The molecule has 1 rings (SSSR count). The summed E-state index contributed by atoms with van der Waals surface area (Å²) in [5.41, 5.74) is 1.25. The largest absolute Gasteiger partial charge is 0.313 e. The summed E-state index contributed by atoms with van der Waals surface area (Å²) in [7, 11) is 0. The van der Waals surface area contributed by atoms with Crippen LogP contribution in [0.5, 0.6) is 0 Å². The third kappa shape index (κ3) is 1.41. The van der Waals surface area contributed by atoms with Gasteiger partial charge in [0, 0.05) is 6.42 Å². The summed E-state index contributed by atoms with van der Waals surface area (Å²) in [4.78, 5) is 0. The molecule has 0 aromatic carbocycles. The Bertz CT molecular complexity index is 138. The molecular weight excluding hydrogens is 110 g/mol. The maximum Gasteiger partial charge on any atom is 0.00303 e. The van der Waals surface area contributed by atoms with Gasteiger partial charge in [-0.15, -0.1) is 0 Å². The lowest BCUT2D eigenvalue weighted by Crippen LogP contribution is -1.85. The van der Waals surface area contributed by atoms with Crippen molar-refractivity contribution in [3.05, 3.63) is 12.2 Å². The summed E-state index contributed by atoms with van der Waals surface area (Å²) < 4.78 is 0. The Morgan fingerprint density at radius 2 is 2.44 bits per heavy atom. The van der Waals surface area contributed by atoms with Crippen LogP contribution in [-0.4, -0.2) is 6.21 Å². The molecule has 0 amide bonds. The molecule has 1 saturated carbocycles. The van der Waals surface area contributed by atoms with Crippen molar-refractivity contribution in [2.24, 2.45) is 11.8 Å². The van der Waals surface area contributed by atoms with Crippen molar-refractivity contribution in [2.45, 2.75) is 19.8 Å². The van der Waals surface area contributed by atoms with E-state index in [9.17, 15) is 0 Å². The molecule has 9 heavy (non-hydrogen) atoms. The Morgan fingerprint density at radius 3 is 2.78 bits per heavy atom. The highest BCUT2D eigenvalue weighted by Gasteiger charge is 2.33. The first-order chi connectivity index (χ1) is 4.25. The Balaban J connectivity index is 2.27. The van der Waals surface area contributed by atoms with Crippen LogP contribution in [0.2, 0.25) is 0 Å². The van der Waals surface area contributed by atoms with Crippen molar-refractivity contribution in [2.75, 3.05) is 0 Å². The second-order valence-electron chi connectivity index (χ2n) is 2.89. The van der Waals surface area contributed by atoms with Gasteiger partial charge in [-0.1, -0.05) is 19.1 Å². The quantitative estimate of drug-likeness (QED) is 0.439. The van der Waals surface area contributed by atoms with Crippen molar-refractivity contribution in [3.8, 4) is 0 Å². The monoisotopic (exact) mass is 123 g/mol. The van der Waals surface area contributed by atoms with Crippen LogP contribution in [0, 0.1) is 17.2 Å². The first-order valence-corrected chi connectivity index (χ1v) is 3.42. The molecule has 1 N–H and O–H groups in total. The minimum atomic E-state index is 0.742. The van der Waals surface area contributed by atoms with Crippen LogP contribution >= 0.6 is 0 Å². The molecule has 0 bridgehead atoms. The molecular formula is C8H13N. The van der Waals surface area contributed by atoms with E-state index >= 15 is 0 Å². The topological polar surface area (TPSA) is 23.9 Å². The lowest BCUT2D eigenvalue weighted by atomic mass is 10.1. The fourth-order valence-corrected chi connectivity index (χ4v) is 1.17. The van der Waals surface area contributed by atoms with E-state index in [-0.39, 0.29) is 0 Å². The Labute approximate surface area is 56.3 Å². The Morgan fingerprint density at radius 1 is 1.89 bits per heavy atom. The van der Waals surface area contributed by atoms with E-state index in [2.05, 4.69) is 13.5 Å². The van der Waals surface area contributed by atoms with E-state index in [1.54, 1.807) is 0 Å². The van der Waals surface area contributed by atoms with Gasteiger partial charge < -0.3 is 5.41 Å². The second kappa shape index (κ2) is 2.34. The molecule has 0 aliphatic heterocycles. The highest BCUT2D eigenvalue weighted by molar-refractivity contribution is 5.57. The van der Waals surface area contributed by atoms with Crippen molar-refractivity contribution in [1.29, 1.82) is 5.41 Å². The van der Waals surface area contributed by atoms with Gasteiger partial charge in [0.25, 0.3) is 0 Å². The zero-order valence-electron chi connectivity index (χ0n) is 5.85. The SMILES string of the molecule is C=C(CC=N)C1CC1C. The third-order valence-electron chi connectivity index (χ3n) is 2.00. The summed E-state index contributed by atoms with van der Waals surface area (Å²) in [5, 5.41) is 6.83. The van der Waals surface area contributed by atoms with Crippen molar-refractivity contribution in [1.82, 2.24) is 0 Å². The predicted octanol–water partition coefficient (Wildman–Crippen LogP) is 2.24. The fourth-order valence-electron chi connectivity index (χ4n) is 1.17. The van der Waals surface area contributed by atoms with Crippen LogP contribution in [0.3, 0.4) is 0 Å². The van der Waals surface area contributed by atoms with Gasteiger partial charge in [0.1, 0.15) is 0 Å². The minimum Gasteiger partial charge on any atom is -0.313 e. The maximum atomic E-state index is 6.83. The first kappa shape index (κ1) is 6.53. The number of nitrogens with one attached hydrogen (secondary N) is 1. The maximum absolute atomic E-state index is 6.83. The van der Waals surface area contributed by atoms with Crippen molar-refractivity contribution >= 4 is 6.21 Å². The number of allylic oxidation sites excluding steroid dienone is 1. The number of hydrogen-bond acceptors (Lipinski definition) is 1. The second-order valence-corrected chi connectivity index (χ2v) is 2.89. The standard InChI is InChI=1S/C8H13N/c1-6(3-4-9)8-5-7(8)2/h4,7-9H,1,3,5H2,2H3. The molecule has 1 fully saturated rings. The highest BCUT2D eigenvalue weighted by Crippen LogP contribution is 2.43. The fraction of sp³-hybridized carbons (Fsp3) is 0.625. The van der Waals surface area contributed by atoms with E-state index in [0.29, 0.717) is 0 Å². The van der Waals surface area contributed by atoms with Crippen LogP contribution < -0.4 is 0 Å². The molecule has 0 aromatic rings. The molecule has 2 unspecified atom stereocenters. The van der Waals surface area contributed by atoms with E-state index in [4.69, 9.17) is 5.41 Å². The van der Waals surface area contributed by atoms with Gasteiger partial charge in [-0.05, 0) is 24.5 Å². The lowest BCUT2D eigenvalue weighted by Gasteiger charge is -1.95. The van der Waals surface area contributed by atoms with Crippen LogP contribution in [0.15, 0.2) is 12.2 Å². The van der Waals surface area contributed by atoms with Gasteiger partial charge in [-0.3, -0.25) is 0 Å². The number of rotatable bonds is 3. The summed E-state index contributed by atoms with van der Waals surface area (Å²) in [6, 6.07) is 0.